The van der Waals surface area contributed by atoms with E-state index in [-0.39, 0.29) is 12.2 Å². The number of aliphatic hydroxyl groups excluding tert-OH is 1. The fraction of sp³-hybridized carbons (Fsp3) is 0.500. The third kappa shape index (κ3) is 3.07. The molecule has 0 aliphatic heterocycles. The minimum Gasteiger partial charge on any atom is -0.464 e. The molecular formula is C16H20BO3. The molecule has 4 heteroatoms. The highest BCUT2D eigenvalue weighted by Crippen LogP contribution is 2.23. The number of para-hydroxylation sites is 1. The lowest BCUT2D eigenvalue weighted by molar-refractivity contribution is 0.00827. The number of rotatable bonds is 5. The first-order chi connectivity index (χ1) is 9.84. The third-order valence-corrected chi connectivity index (χ3v) is 4.03. The number of aryl methyl sites for hydroxylation is 1. The molecule has 1 aromatic heterocycles. The molecule has 1 aromatic carbocycles. The van der Waals surface area contributed by atoms with E-state index in [0.29, 0.717) is 0 Å². The second-order valence-corrected chi connectivity index (χ2v) is 5.49. The van der Waals surface area contributed by atoms with Gasteiger partial charge >= 0.3 is 0 Å². The molecule has 2 atom stereocenters. The molecule has 105 valence electrons. The number of hydrogen-bond acceptors (Lipinski definition) is 3. The summed E-state index contributed by atoms with van der Waals surface area (Å²) < 4.78 is 11.2. The van der Waals surface area contributed by atoms with Crippen LogP contribution < -0.4 is 0 Å². The van der Waals surface area contributed by atoms with Crippen molar-refractivity contribution in [3.63, 3.8) is 0 Å². The molecule has 0 bridgehead atoms. The summed E-state index contributed by atoms with van der Waals surface area (Å²) in [6, 6.07) is 8.08. The van der Waals surface area contributed by atoms with E-state index in [1.807, 2.05) is 31.9 Å². The molecule has 1 radical (unpaired) electrons. The van der Waals surface area contributed by atoms with Crippen LogP contribution in [0.3, 0.4) is 0 Å². The molecule has 0 spiro atoms. The van der Waals surface area contributed by atoms with Gasteiger partial charge in [0.2, 0.25) is 0 Å². The van der Waals surface area contributed by atoms with Crippen molar-refractivity contribution in [1.82, 2.24) is 0 Å². The first-order valence-corrected chi connectivity index (χ1v) is 7.45. The number of aliphatic hydroxyl groups is 1. The van der Waals surface area contributed by atoms with Gasteiger partial charge in [-0.2, -0.15) is 0 Å². The summed E-state index contributed by atoms with van der Waals surface area (Å²) in [6.07, 6.45) is 7.36. The van der Waals surface area contributed by atoms with Crippen LogP contribution in [0.2, 0.25) is 6.32 Å². The first kappa shape index (κ1) is 13.7. The zero-order valence-electron chi connectivity index (χ0n) is 11.6. The van der Waals surface area contributed by atoms with Gasteiger partial charge in [-0.25, -0.2) is 0 Å². The fourth-order valence-corrected chi connectivity index (χ4v) is 2.87. The minimum atomic E-state index is -0.297. The predicted octanol–water partition coefficient (Wildman–Crippen LogP) is 3.33. The van der Waals surface area contributed by atoms with Gasteiger partial charge < -0.3 is 14.2 Å². The lowest BCUT2D eigenvalue weighted by atomic mass is 9.87. The zero-order chi connectivity index (χ0) is 13.8. The van der Waals surface area contributed by atoms with Gasteiger partial charge in [0, 0.05) is 5.39 Å². The van der Waals surface area contributed by atoms with Crippen LogP contribution in [0.5, 0.6) is 0 Å². The molecule has 1 fully saturated rings. The van der Waals surface area contributed by atoms with E-state index >= 15 is 0 Å². The summed E-state index contributed by atoms with van der Waals surface area (Å²) in [6.45, 7) is 0. The van der Waals surface area contributed by atoms with E-state index in [9.17, 15) is 5.11 Å². The smallest absolute Gasteiger partial charge is 0.293 e. The number of hydrogen-bond donors (Lipinski definition) is 1. The number of furan rings is 1. The van der Waals surface area contributed by atoms with E-state index in [2.05, 4.69) is 6.07 Å². The summed E-state index contributed by atoms with van der Waals surface area (Å²) >= 11 is 0. The van der Waals surface area contributed by atoms with Crippen molar-refractivity contribution in [2.24, 2.45) is 0 Å². The Hall–Kier alpha value is -1.26. The number of benzene rings is 1. The molecule has 20 heavy (non-hydrogen) atoms. The van der Waals surface area contributed by atoms with Crippen molar-refractivity contribution in [1.29, 1.82) is 0 Å². The molecule has 1 N–H and O–H groups in total. The van der Waals surface area contributed by atoms with Gasteiger partial charge in [-0.1, -0.05) is 31.0 Å². The van der Waals surface area contributed by atoms with E-state index in [4.69, 9.17) is 9.07 Å². The quantitative estimate of drug-likeness (QED) is 0.670. The largest absolute Gasteiger partial charge is 0.464 e. The average molecular weight is 271 g/mol. The Kier molecular flexibility index (Phi) is 4.43. The van der Waals surface area contributed by atoms with Crippen molar-refractivity contribution in [2.75, 3.05) is 0 Å². The van der Waals surface area contributed by atoms with Crippen molar-refractivity contribution in [2.45, 2.75) is 50.6 Å². The summed E-state index contributed by atoms with van der Waals surface area (Å²) in [7, 11) is 1.85. The zero-order valence-corrected chi connectivity index (χ0v) is 11.6. The van der Waals surface area contributed by atoms with Gasteiger partial charge in [-0.3, -0.25) is 0 Å². The van der Waals surface area contributed by atoms with E-state index in [1.165, 1.54) is 10.9 Å². The van der Waals surface area contributed by atoms with Crippen molar-refractivity contribution < 1.29 is 14.2 Å². The van der Waals surface area contributed by atoms with Crippen LogP contribution in [0.15, 0.2) is 34.9 Å². The monoisotopic (exact) mass is 271 g/mol. The molecule has 1 saturated carbocycles. The first-order valence-electron chi connectivity index (χ1n) is 7.45. The van der Waals surface area contributed by atoms with E-state index < -0.39 is 0 Å². The maximum absolute atomic E-state index is 9.83. The van der Waals surface area contributed by atoms with Crippen LogP contribution in [0.1, 0.15) is 31.2 Å². The SMILES string of the molecule is OC1CCCCC1O[B]CCc1coc2ccccc12. The highest BCUT2D eigenvalue weighted by atomic mass is 16.5. The Balaban J connectivity index is 1.48. The van der Waals surface area contributed by atoms with Crippen LogP contribution in [-0.4, -0.2) is 24.8 Å². The average Bonchev–Trinajstić information content (AvgIpc) is 2.89. The molecule has 0 amide bonds. The van der Waals surface area contributed by atoms with Crippen molar-refractivity contribution in [3.05, 3.63) is 36.1 Å². The fourth-order valence-electron chi connectivity index (χ4n) is 2.87. The standard InChI is InChI=1S/C16H20BO3/c18-14-6-2-4-8-16(14)20-17-10-9-12-11-19-15-7-3-1-5-13(12)15/h1,3,5,7,11,14,16,18H,2,4,6,8-10H2. The lowest BCUT2D eigenvalue weighted by Crippen LogP contribution is -2.33. The van der Waals surface area contributed by atoms with Crippen molar-refractivity contribution in [3.8, 4) is 0 Å². The van der Waals surface area contributed by atoms with Crippen LogP contribution in [0.4, 0.5) is 0 Å². The van der Waals surface area contributed by atoms with Crippen molar-refractivity contribution >= 4 is 18.5 Å². The van der Waals surface area contributed by atoms with Gasteiger partial charge in [0.05, 0.1) is 18.5 Å². The summed E-state index contributed by atoms with van der Waals surface area (Å²) in [5.41, 5.74) is 2.15. The molecule has 3 nitrogen and oxygen atoms in total. The van der Waals surface area contributed by atoms with Crippen LogP contribution in [0.25, 0.3) is 11.0 Å². The Morgan fingerprint density at radius 1 is 1.25 bits per heavy atom. The highest BCUT2D eigenvalue weighted by Gasteiger charge is 2.23. The molecule has 1 aliphatic carbocycles. The maximum atomic E-state index is 9.83. The molecule has 0 saturated heterocycles. The number of fused-ring (bicyclic) bond motifs is 1. The maximum Gasteiger partial charge on any atom is 0.293 e. The van der Waals surface area contributed by atoms with Gasteiger partial charge in [0.25, 0.3) is 7.48 Å². The van der Waals surface area contributed by atoms with Crippen LogP contribution in [0, 0.1) is 0 Å². The van der Waals surface area contributed by atoms with Crippen LogP contribution in [-0.2, 0) is 11.1 Å². The summed E-state index contributed by atoms with van der Waals surface area (Å²) in [5.74, 6) is 0. The van der Waals surface area contributed by atoms with Gasteiger partial charge in [-0.05, 0) is 37.2 Å². The lowest BCUT2D eigenvalue weighted by Gasteiger charge is -2.27. The molecule has 1 aliphatic rings. The van der Waals surface area contributed by atoms with Crippen LogP contribution >= 0.6 is 0 Å². The minimum absolute atomic E-state index is 0.00940. The topological polar surface area (TPSA) is 42.6 Å². The Labute approximate surface area is 120 Å². The van der Waals surface area contributed by atoms with E-state index in [1.54, 1.807) is 0 Å². The molecular weight excluding hydrogens is 251 g/mol. The normalized spacial score (nSPS) is 23.1. The Morgan fingerprint density at radius 2 is 2.10 bits per heavy atom. The Morgan fingerprint density at radius 3 is 3.00 bits per heavy atom. The molecule has 2 unspecified atom stereocenters. The predicted molar refractivity (Wildman–Crippen MR) is 79.8 cm³/mol. The molecule has 2 aromatic rings. The second-order valence-electron chi connectivity index (χ2n) is 5.49. The second kappa shape index (κ2) is 6.46. The highest BCUT2D eigenvalue weighted by molar-refractivity contribution is 6.27. The Bertz CT molecular complexity index is 551. The van der Waals surface area contributed by atoms with Gasteiger partial charge in [0.1, 0.15) is 5.58 Å². The summed E-state index contributed by atoms with van der Waals surface area (Å²) in [5, 5.41) is 11.0. The molecule has 1 heterocycles. The summed E-state index contributed by atoms with van der Waals surface area (Å²) in [4.78, 5) is 0. The third-order valence-electron chi connectivity index (χ3n) is 4.03. The van der Waals surface area contributed by atoms with Gasteiger partial charge in [0.15, 0.2) is 0 Å². The molecule has 3 rings (SSSR count). The van der Waals surface area contributed by atoms with E-state index in [0.717, 1.165) is 44.0 Å². The van der Waals surface area contributed by atoms with Gasteiger partial charge in [-0.15, -0.1) is 0 Å².